The molecule has 1 heterocycles. The van der Waals surface area contributed by atoms with Crippen LogP contribution in [0, 0.1) is 5.82 Å². The number of amides is 1. The SMILES string of the molecule is O=C(NCc1ccccc1F)c1ccc(C2SCCCS2)cc1. The number of rotatable bonds is 4. The predicted octanol–water partition coefficient (Wildman–Crippen LogP) is 4.62. The van der Waals surface area contributed by atoms with E-state index in [2.05, 4.69) is 5.32 Å². The lowest BCUT2D eigenvalue weighted by Crippen LogP contribution is -2.23. The lowest BCUT2D eigenvalue weighted by atomic mass is 10.1. The summed E-state index contributed by atoms with van der Waals surface area (Å²) in [6.45, 7) is 0.196. The van der Waals surface area contributed by atoms with Gasteiger partial charge in [0.1, 0.15) is 5.82 Å². The van der Waals surface area contributed by atoms with Crippen LogP contribution < -0.4 is 5.32 Å². The summed E-state index contributed by atoms with van der Waals surface area (Å²) in [7, 11) is 0. The molecule has 2 nitrogen and oxygen atoms in total. The van der Waals surface area contributed by atoms with Crippen LogP contribution in [-0.4, -0.2) is 17.4 Å². The van der Waals surface area contributed by atoms with E-state index in [1.165, 1.54) is 29.6 Å². The van der Waals surface area contributed by atoms with Crippen LogP contribution in [0.15, 0.2) is 48.5 Å². The Kier molecular flexibility index (Phi) is 5.62. The summed E-state index contributed by atoms with van der Waals surface area (Å²) in [5.74, 6) is 1.92. The fourth-order valence-corrected chi connectivity index (χ4v) is 5.29. The first-order chi connectivity index (χ1) is 11.2. The molecular formula is C18H18FNOS2. The zero-order valence-electron chi connectivity index (χ0n) is 12.6. The average Bonchev–Trinajstić information content (AvgIpc) is 2.62. The molecule has 1 aliphatic rings. The number of carbonyl (C=O) groups excluding carboxylic acids is 1. The molecule has 120 valence electrons. The topological polar surface area (TPSA) is 29.1 Å². The number of thioether (sulfide) groups is 2. The summed E-state index contributed by atoms with van der Waals surface area (Å²) in [6.07, 6.45) is 1.27. The molecule has 23 heavy (non-hydrogen) atoms. The van der Waals surface area contributed by atoms with Crippen molar-refractivity contribution in [2.75, 3.05) is 11.5 Å². The van der Waals surface area contributed by atoms with Crippen LogP contribution in [0.4, 0.5) is 4.39 Å². The lowest BCUT2D eigenvalue weighted by molar-refractivity contribution is 0.0950. The van der Waals surface area contributed by atoms with Crippen LogP contribution in [0.5, 0.6) is 0 Å². The number of nitrogens with one attached hydrogen (secondary N) is 1. The summed E-state index contributed by atoms with van der Waals surface area (Å²) < 4.78 is 14.0. The van der Waals surface area contributed by atoms with Gasteiger partial charge in [0.2, 0.25) is 0 Å². The Hall–Kier alpha value is -1.46. The number of hydrogen-bond donors (Lipinski definition) is 1. The normalized spacial score (nSPS) is 15.3. The molecule has 1 saturated heterocycles. The highest BCUT2D eigenvalue weighted by Gasteiger charge is 2.17. The lowest BCUT2D eigenvalue weighted by Gasteiger charge is -2.21. The van der Waals surface area contributed by atoms with Crippen molar-refractivity contribution >= 4 is 29.4 Å². The van der Waals surface area contributed by atoms with Gasteiger partial charge in [0.15, 0.2) is 0 Å². The van der Waals surface area contributed by atoms with E-state index in [4.69, 9.17) is 0 Å². The fourth-order valence-electron chi connectivity index (χ4n) is 2.39. The zero-order valence-corrected chi connectivity index (χ0v) is 14.3. The molecule has 0 spiro atoms. The first kappa shape index (κ1) is 16.4. The summed E-state index contributed by atoms with van der Waals surface area (Å²) in [5.41, 5.74) is 2.36. The first-order valence-electron chi connectivity index (χ1n) is 7.59. The maximum absolute atomic E-state index is 13.5. The van der Waals surface area contributed by atoms with Crippen LogP contribution in [0.2, 0.25) is 0 Å². The minimum Gasteiger partial charge on any atom is -0.348 e. The molecule has 1 fully saturated rings. The third-order valence-electron chi connectivity index (χ3n) is 3.67. The molecule has 0 aromatic heterocycles. The molecule has 1 aliphatic heterocycles. The molecule has 3 rings (SSSR count). The van der Waals surface area contributed by atoms with Crippen LogP contribution in [-0.2, 0) is 6.54 Å². The number of hydrogen-bond acceptors (Lipinski definition) is 3. The molecule has 0 bridgehead atoms. The predicted molar refractivity (Wildman–Crippen MR) is 96.3 cm³/mol. The quantitative estimate of drug-likeness (QED) is 0.875. The van der Waals surface area contributed by atoms with Crippen molar-refractivity contribution in [2.24, 2.45) is 0 Å². The van der Waals surface area contributed by atoms with E-state index in [1.807, 2.05) is 47.8 Å². The third kappa shape index (κ3) is 4.30. The summed E-state index contributed by atoms with van der Waals surface area (Å²) >= 11 is 3.92. The van der Waals surface area contributed by atoms with E-state index >= 15 is 0 Å². The molecular weight excluding hydrogens is 329 g/mol. The fraction of sp³-hybridized carbons (Fsp3) is 0.278. The van der Waals surface area contributed by atoms with Crippen molar-refractivity contribution < 1.29 is 9.18 Å². The van der Waals surface area contributed by atoms with E-state index in [0.29, 0.717) is 15.7 Å². The van der Waals surface area contributed by atoms with Gasteiger partial charge in [0.25, 0.3) is 5.91 Å². The average molecular weight is 347 g/mol. The van der Waals surface area contributed by atoms with Gasteiger partial charge in [-0.15, -0.1) is 23.5 Å². The van der Waals surface area contributed by atoms with Crippen molar-refractivity contribution in [2.45, 2.75) is 17.5 Å². The van der Waals surface area contributed by atoms with Gasteiger partial charge in [-0.2, -0.15) is 0 Å². The summed E-state index contributed by atoms with van der Waals surface area (Å²) in [6, 6.07) is 14.2. The molecule has 0 atom stereocenters. The Morgan fingerprint density at radius 2 is 1.78 bits per heavy atom. The Morgan fingerprint density at radius 1 is 1.09 bits per heavy atom. The third-order valence-corrected chi connectivity index (χ3v) is 6.68. The van der Waals surface area contributed by atoms with Crippen LogP contribution in [0.3, 0.4) is 0 Å². The number of carbonyl (C=O) groups is 1. The molecule has 0 saturated carbocycles. The van der Waals surface area contributed by atoms with Gasteiger partial charge < -0.3 is 5.32 Å². The minimum atomic E-state index is -0.297. The van der Waals surface area contributed by atoms with Crippen LogP contribution in [0.25, 0.3) is 0 Å². The van der Waals surface area contributed by atoms with Crippen molar-refractivity contribution in [3.63, 3.8) is 0 Å². The largest absolute Gasteiger partial charge is 0.348 e. The van der Waals surface area contributed by atoms with Crippen molar-refractivity contribution in [3.05, 3.63) is 71.0 Å². The minimum absolute atomic E-state index is 0.177. The second kappa shape index (κ2) is 7.88. The molecule has 2 aromatic rings. The summed E-state index contributed by atoms with van der Waals surface area (Å²) in [5, 5.41) is 2.77. The van der Waals surface area contributed by atoms with Gasteiger partial charge in [0.05, 0.1) is 4.58 Å². The van der Waals surface area contributed by atoms with Gasteiger partial charge in [-0.3, -0.25) is 4.79 Å². The molecule has 1 N–H and O–H groups in total. The maximum Gasteiger partial charge on any atom is 0.251 e. The van der Waals surface area contributed by atoms with Gasteiger partial charge in [-0.1, -0.05) is 30.3 Å². The van der Waals surface area contributed by atoms with Crippen LogP contribution in [0.1, 0.15) is 32.5 Å². The van der Waals surface area contributed by atoms with E-state index in [0.717, 1.165) is 0 Å². The second-order valence-corrected chi connectivity index (χ2v) is 8.05. The molecule has 0 aliphatic carbocycles. The molecule has 5 heteroatoms. The van der Waals surface area contributed by atoms with Gasteiger partial charge >= 0.3 is 0 Å². The Labute approximate surface area is 144 Å². The van der Waals surface area contributed by atoms with Crippen molar-refractivity contribution in [1.82, 2.24) is 5.32 Å². The standard InChI is InChI=1S/C18H18FNOS2/c19-16-5-2-1-4-15(16)12-20-17(21)13-6-8-14(9-7-13)18-22-10-3-11-23-18/h1-2,4-9,18H,3,10-12H2,(H,20,21). The van der Waals surface area contributed by atoms with E-state index in [-0.39, 0.29) is 18.3 Å². The van der Waals surface area contributed by atoms with Crippen LogP contribution >= 0.6 is 23.5 Å². The Morgan fingerprint density at radius 3 is 2.48 bits per heavy atom. The number of halogens is 1. The summed E-state index contributed by atoms with van der Waals surface area (Å²) in [4.78, 5) is 12.2. The monoisotopic (exact) mass is 347 g/mol. The van der Waals surface area contributed by atoms with E-state index in [9.17, 15) is 9.18 Å². The zero-order chi connectivity index (χ0) is 16.1. The van der Waals surface area contributed by atoms with E-state index in [1.54, 1.807) is 18.2 Å². The van der Waals surface area contributed by atoms with Gasteiger partial charge in [-0.25, -0.2) is 4.39 Å². The molecule has 1 amide bonds. The van der Waals surface area contributed by atoms with Crippen molar-refractivity contribution in [3.8, 4) is 0 Å². The molecule has 2 aromatic carbocycles. The highest BCUT2D eigenvalue weighted by atomic mass is 32.2. The molecule has 0 radical (unpaired) electrons. The Balaban J connectivity index is 1.60. The molecule has 0 unspecified atom stereocenters. The van der Waals surface area contributed by atoms with Crippen molar-refractivity contribution in [1.29, 1.82) is 0 Å². The first-order valence-corrected chi connectivity index (χ1v) is 9.68. The van der Waals surface area contributed by atoms with Gasteiger partial charge in [-0.05, 0) is 41.7 Å². The highest BCUT2D eigenvalue weighted by molar-refractivity contribution is 8.16. The van der Waals surface area contributed by atoms with E-state index < -0.39 is 0 Å². The smallest absolute Gasteiger partial charge is 0.251 e. The Bertz CT molecular complexity index is 669. The van der Waals surface area contributed by atoms with Gasteiger partial charge in [0, 0.05) is 17.7 Å². The highest BCUT2D eigenvalue weighted by Crippen LogP contribution is 2.43. The maximum atomic E-state index is 13.5. The second-order valence-electron chi connectivity index (χ2n) is 5.32. The number of benzene rings is 2.